The lowest BCUT2D eigenvalue weighted by Crippen LogP contribution is -2.43. The number of hydrogen-bond donors (Lipinski definition) is 0. The van der Waals surface area contributed by atoms with Gasteiger partial charge in [-0.3, -0.25) is 4.79 Å². The van der Waals surface area contributed by atoms with Crippen LogP contribution < -0.4 is 0 Å². The van der Waals surface area contributed by atoms with Crippen molar-refractivity contribution in [2.24, 2.45) is 5.92 Å². The van der Waals surface area contributed by atoms with Crippen LogP contribution in [0.25, 0.3) is 5.69 Å². The summed E-state index contributed by atoms with van der Waals surface area (Å²) in [6.07, 6.45) is 5.46. The summed E-state index contributed by atoms with van der Waals surface area (Å²) in [4.78, 5) is 18.6. The molecule has 2 heterocycles. The summed E-state index contributed by atoms with van der Waals surface area (Å²) in [6.45, 7) is 2.81. The summed E-state index contributed by atoms with van der Waals surface area (Å²) in [5, 5.41) is 4.10. The number of carbonyl (C=O) groups is 1. The van der Waals surface area contributed by atoms with E-state index in [-0.39, 0.29) is 17.9 Å². The van der Waals surface area contributed by atoms with Gasteiger partial charge in [0.25, 0.3) is 0 Å². The van der Waals surface area contributed by atoms with Crippen LogP contribution in [0.1, 0.15) is 31.4 Å². The van der Waals surface area contributed by atoms with E-state index in [9.17, 15) is 13.2 Å². The number of hydrogen-bond acceptors (Lipinski definition) is 5. The topological polar surface area (TPSA) is 88.4 Å². The summed E-state index contributed by atoms with van der Waals surface area (Å²) in [5.74, 6) is -0.0686. The third kappa shape index (κ3) is 4.36. The third-order valence-electron chi connectivity index (χ3n) is 5.26. The van der Waals surface area contributed by atoms with Gasteiger partial charge in [-0.25, -0.2) is 22.4 Å². The number of sulfonamides is 1. The molecule has 0 N–H and O–H groups in total. The van der Waals surface area contributed by atoms with E-state index >= 15 is 0 Å². The fourth-order valence-corrected chi connectivity index (χ4v) is 4.26. The molecule has 1 amide bonds. The Morgan fingerprint density at radius 3 is 2.37 bits per heavy atom. The second-order valence-electron chi connectivity index (χ2n) is 6.99. The molecular weight excluding hydrogens is 366 g/mol. The Morgan fingerprint density at radius 1 is 1.22 bits per heavy atom. The van der Waals surface area contributed by atoms with Crippen LogP contribution in [0.4, 0.5) is 0 Å². The molecule has 0 saturated carbocycles. The Morgan fingerprint density at radius 2 is 1.85 bits per heavy atom. The molecule has 3 rings (SSSR count). The fraction of sp³-hybridized carbons (Fsp3) is 0.500. The Hall–Kier alpha value is -2.26. The lowest BCUT2D eigenvalue weighted by molar-refractivity contribution is -0.137. The molecule has 0 spiro atoms. The first-order valence-electron chi connectivity index (χ1n) is 8.94. The zero-order chi connectivity index (χ0) is 19.6. The predicted molar refractivity (Wildman–Crippen MR) is 102 cm³/mol. The first kappa shape index (κ1) is 19.5. The first-order chi connectivity index (χ1) is 12.8. The number of aromatic nitrogens is 3. The van der Waals surface area contributed by atoms with Gasteiger partial charge in [0.1, 0.15) is 12.7 Å². The molecule has 1 saturated heterocycles. The van der Waals surface area contributed by atoms with E-state index in [2.05, 4.69) is 10.1 Å². The minimum absolute atomic E-state index is 0.0657. The van der Waals surface area contributed by atoms with Crippen molar-refractivity contribution in [3.8, 4) is 5.69 Å². The molecule has 1 aliphatic heterocycles. The van der Waals surface area contributed by atoms with Crippen molar-refractivity contribution >= 4 is 15.9 Å². The van der Waals surface area contributed by atoms with Gasteiger partial charge in [0.05, 0.1) is 18.0 Å². The fourth-order valence-electron chi connectivity index (χ4n) is 3.38. The van der Waals surface area contributed by atoms with Gasteiger partial charge in [0.15, 0.2) is 0 Å². The summed E-state index contributed by atoms with van der Waals surface area (Å²) >= 11 is 0. The maximum absolute atomic E-state index is 12.9. The standard InChI is InChI=1S/C18H25N5O3S/c1-14(15-4-6-17(7-5-15)23-13-19-12-20-23)21(2)18(24)16-8-10-22(11-9-16)27(3,25)26/h4-7,12-14,16H,8-11H2,1-3H3. The molecule has 1 atom stereocenters. The van der Waals surface area contributed by atoms with Gasteiger partial charge in [-0.15, -0.1) is 0 Å². The van der Waals surface area contributed by atoms with Crippen LogP contribution >= 0.6 is 0 Å². The molecule has 8 nitrogen and oxygen atoms in total. The van der Waals surface area contributed by atoms with Crippen molar-refractivity contribution in [2.45, 2.75) is 25.8 Å². The number of amides is 1. The molecular formula is C18H25N5O3S. The molecule has 27 heavy (non-hydrogen) atoms. The number of nitrogens with zero attached hydrogens (tertiary/aromatic N) is 5. The smallest absolute Gasteiger partial charge is 0.226 e. The van der Waals surface area contributed by atoms with Crippen molar-refractivity contribution < 1.29 is 13.2 Å². The highest BCUT2D eigenvalue weighted by Gasteiger charge is 2.31. The summed E-state index contributed by atoms with van der Waals surface area (Å²) < 4.78 is 26.4. The van der Waals surface area contributed by atoms with E-state index in [1.54, 1.807) is 23.0 Å². The minimum Gasteiger partial charge on any atom is -0.339 e. The van der Waals surface area contributed by atoms with Crippen molar-refractivity contribution in [1.82, 2.24) is 24.0 Å². The molecule has 2 aromatic rings. The molecule has 146 valence electrons. The second kappa shape index (κ2) is 7.77. The zero-order valence-corrected chi connectivity index (χ0v) is 16.6. The van der Waals surface area contributed by atoms with Gasteiger partial charge in [-0.2, -0.15) is 5.10 Å². The Kier molecular flexibility index (Phi) is 5.61. The molecule has 1 fully saturated rings. The van der Waals surface area contributed by atoms with Gasteiger partial charge >= 0.3 is 0 Å². The maximum atomic E-state index is 12.9. The van der Waals surface area contributed by atoms with E-state index in [4.69, 9.17) is 0 Å². The van der Waals surface area contributed by atoms with Crippen molar-refractivity contribution in [3.63, 3.8) is 0 Å². The van der Waals surface area contributed by atoms with Gasteiger partial charge in [-0.1, -0.05) is 12.1 Å². The van der Waals surface area contributed by atoms with Crippen LogP contribution in [-0.4, -0.2) is 64.7 Å². The molecule has 1 aromatic heterocycles. The largest absolute Gasteiger partial charge is 0.339 e. The molecule has 1 aromatic carbocycles. The number of carbonyl (C=O) groups excluding carboxylic acids is 1. The minimum atomic E-state index is -3.18. The zero-order valence-electron chi connectivity index (χ0n) is 15.8. The van der Waals surface area contributed by atoms with Crippen LogP contribution in [0.2, 0.25) is 0 Å². The van der Waals surface area contributed by atoms with Gasteiger partial charge < -0.3 is 4.90 Å². The average Bonchev–Trinajstić information content (AvgIpc) is 3.20. The van der Waals surface area contributed by atoms with Crippen LogP contribution in [0.5, 0.6) is 0 Å². The Bertz CT molecular complexity index is 872. The van der Waals surface area contributed by atoms with Gasteiger partial charge in [-0.05, 0) is 37.5 Å². The van der Waals surface area contributed by atoms with E-state index in [0.717, 1.165) is 11.3 Å². The number of piperidine rings is 1. The SMILES string of the molecule is CC(c1ccc(-n2cncn2)cc1)N(C)C(=O)C1CCN(S(C)(=O)=O)CC1. The monoisotopic (exact) mass is 391 g/mol. The van der Waals surface area contributed by atoms with E-state index < -0.39 is 10.0 Å². The Balaban J connectivity index is 1.63. The van der Waals surface area contributed by atoms with Crippen LogP contribution in [-0.2, 0) is 14.8 Å². The summed E-state index contributed by atoms with van der Waals surface area (Å²) in [6, 6.07) is 7.79. The highest BCUT2D eigenvalue weighted by atomic mass is 32.2. The molecule has 1 aliphatic rings. The van der Waals surface area contributed by atoms with Crippen molar-refractivity contribution in [3.05, 3.63) is 42.5 Å². The maximum Gasteiger partial charge on any atom is 0.226 e. The highest BCUT2D eigenvalue weighted by Crippen LogP contribution is 2.26. The van der Waals surface area contributed by atoms with Crippen LogP contribution in [0, 0.1) is 5.92 Å². The summed E-state index contributed by atoms with van der Waals surface area (Å²) in [7, 11) is -1.37. The molecule has 0 aliphatic carbocycles. The van der Waals surface area contributed by atoms with Crippen molar-refractivity contribution in [1.29, 1.82) is 0 Å². The highest BCUT2D eigenvalue weighted by molar-refractivity contribution is 7.88. The Labute approximate surface area is 159 Å². The van der Waals surface area contributed by atoms with Gasteiger partial charge in [0, 0.05) is 26.1 Å². The average molecular weight is 391 g/mol. The summed E-state index contributed by atoms with van der Waals surface area (Å²) in [5.41, 5.74) is 1.94. The number of benzene rings is 1. The second-order valence-corrected chi connectivity index (χ2v) is 8.98. The molecule has 0 bridgehead atoms. The number of rotatable bonds is 5. The third-order valence-corrected chi connectivity index (χ3v) is 6.56. The molecule has 9 heteroatoms. The predicted octanol–water partition coefficient (Wildman–Crippen LogP) is 1.46. The van der Waals surface area contributed by atoms with Crippen LogP contribution in [0.3, 0.4) is 0 Å². The van der Waals surface area contributed by atoms with Gasteiger partial charge in [0.2, 0.25) is 15.9 Å². The van der Waals surface area contributed by atoms with E-state index in [0.29, 0.717) is 25.9 Å². The van der Waals surface area contributed by atoms with Crippen molar-refractivity contribution in [2.75, 3.05) is 26.4 Å². The lowest BCUT2D eigenvalue weighted by Gasteiger charge is -2.34. The lowest BCUT2D eigenvalue weighted by atomic mass is 9.95. The normalized spacial score (nSPS) is 17.6. The van der Waals surface area contributed by atoms with Crippen LogP contribution in [0.15, 0.2) is 36.9 Å². The quantitative estimate of drug-likeness (QED) is 0.770. The van der Waals surface area contributed by atoms with E-state index in [1.807, 2.05) is 31.2 Å². The molecule has 0 radical (unpaired) electrons. The first-order valence-corrected chi connectivity index (χ1v) is 10.8. The molecule has 1 unspecified atom stereocenters. The van der Waals surface area contributed by atoms with E-state index in [1.165, 1.54) is 16.9 Å².